The molecule has 4 nitrogen and oxygen atoms in total. The Hall–Kier alpha value is -1.29. The maximum absolute atomic E-state index is 12.1. The summed E-state index contributed by atoms with van der Waals surface area (Å²) in [5.74, 6) is -0.0599. The van der Waals surface area contributed by atoms with E-state index in [0.717, 1.165) is 25.7 Å². The van der Waals surface area contributed by atoms with Crippen LogP contribution < -0.4 is 5.73 Å². The van der Waals surface area contributed by atoms with E-state index in [9.17, 15) is 4.79 Å². The van der Waals surface area contributed by atoms with E-state index in [1.807, 2.05) is 0 Å². The second-order valence-electron chi connectivity index (χ2n) is 4.14. The molecule has 0 radical (unpaired) electrons. The fourth-order valence-corrected chi connectivity index (χ4v) is 2.08. The molecular formula is C11H15N3O. The van der Waals surface area contributed by atoms with Gasteiger partial charge in [-0.15, -0.1) is 0 Å². The van der Waals surface area contributed by atoms with Gasteiger partial charge in [-0.2, -0.15) is 0 Å². The Labute approximate surface area is 88.9 Å². The number of rotatable bonds is 2. The van der Waals surface area contributed by atoms with Crippen molar-refractivity contribution in [2.24, 2.45) is 5.73 Å². The van der Waals surface area contributed by atoms with Crippen molar-refractivity contribution in [1.82, 2.24) is 9.97 Å². The van der Waals surface area contributed by atoms with E-state index in [0.29, 0.717) is 5.69 Å². The molecule has 0 bridgehead atoms. The standard InChI is InChI=1S/C11H15N3O/c12-11(4-2-1-3-5-11)10(15)9-8-13-6-7-14-9/h6-8H,1-5,12H2. The van der Waals surface area contributed by atoms with Crippen LogP contribution in [0.4, 0.5) is 0 Å². The molecule has 2 rings (SSSR count). The molecule has 1 saturated carbocycles. The van der Waals surface area contributed by atoms with Gasteiger partial charge in [0.1, 0.15) is 5.69 Å². The fraction of sp³-hybridized carbons (Fsp3) is 0.545. The van der Waals surface area contributed by atoms with Crippen LogP contribution >= 0.6 is 0 Å². The normalized spacial score (nSPS) is 19.8. The summed E-state index contributed by atoms with van der Waals surface area (Å²) in [4.78, 5) is 20.0. The number of Topliss-reactive ketones (excluding diaryl/α,β-unsaturated/α-hetero) is 1. The molecule has 15 heavy (non-hydrogen) atoms. The molecule has 2 N–H and O–H groups in total. The molecule has 1 aromatic rings. The van der Waals surface area contributed by atoms with E-state index < -0.39 is 5.54 Å². The maximum Gasteiger partial charge on any atom is 0.202 e. The summed E-state index contributed by atoms with van der Waals surface area (Å²) in [5, 5.41) is 0. The van der Waals surface area contributed by atoms with E-state index in [2.05, 4.69) is 9.97 Å². The Kier molecular flexibility index (Phi) is 2.77. The van der Waals surface area contributed by atoms with Gasteiger partial charge in [-0.25, -0.2) is 4.98 Å². The summed E-state index contributed by atoms with van der Waals surface area (Å²) in [6.45, 7) is 0. The molecule has 0 amide bonds. The van der Waals surface area contributed by atoms with Crippen molar-refractivity contribution < 1.29 is 4.79 Å². The number of ketones is 1. The molecule has 0 spiro atoms. The van der Waals surface area contributed by atoms with E-state index in [1.54, 1.807) is 6.20 Å². The molecule has 1 aliphatic carbocycles. The maximum atomic E-state index is 12.1. The zero-order chi connectivity index (χ0) is 10.7. The van der Waals surface area contributed by atoms with Gasteiger partial charge >= 0.3 is 0 Å². The number of carbonyl (C=O) groups is 1. The molecule has 0 aliphatic heterocycles. The van der Waals surface area contributed by atoms with Crippen molar-refractivity contribution in [2.75, 3.05) is 0 Å². The van der Waals surface area contributed by atoms with Gasteiger partial charge in [-0.3, -0.25) is 9.78 Å². The Bertz CT molecular complexity index is 344. The highest BCUT2D eigenvalue weighted by atomic mass is 16.1. The monoisotopic (exact) mass is 205 g/mol. The van der Waals surface area contributed by atoms with Crippen LogP contribution in [0.2, 0.25) is 0 Å². The summed E-state index contributed by atoms with van der Waals surface area (Å²) < 4.78 is 0. The molecule has 1 heterocycles. The second-order valence-corrected chi connectivity index (χ2v) is 4.14. The third-order valence-corrected chi connectivity index (χ3v) is 2.99. The third kappa shape index (κ3) is 2.04. The minimum absolute atomic E-state index is 0.0599. The number of hydrogen-bond acceptors (Lipinski definition) is 4. The minimum atomic E-state index is -0.700. The predicted octanol–water partition coefficient (Wildman–Crippen LogP) is 1.32. The van der Waals surface area contributed by atoms with Gasteiger partial charge in [0.05, 0.1) is 11.7 Å². The van der Waals surface area contributed by atoms with E-state index in [-0.39, 0.29) is 5.78 Å². The molecule has 0 aromatic carbocycles. The van der Waals surface area contributed by atoms with Crippen LogP contribution in [-0.4, -0.2) is 21.3 Å². The van der Waals surface area contributed by atoms with E-state index in [4.69, 9.17) is 5.73 Å². The van der Waals surface area contributed by atoms with Crippen LogP contribution in [0.1, 0.15) is 42.6 Å². The average Bonchev–Trinajstić information content (AvgIpc) is 2.30. The molecule has 1 aliphatic rings. The molecular weight excluding hydrogens is 190 g/mol. The number of nitrogens with zero attached hydrogens (tertiary/aromatic N) is 2. The smallest absolute Gasteiger partial charge is 0.202 e. The second kappa shape index (κ2) is 4.06. The third-order valence-electron chi connectivity index (χ3n) is 2.99. The number of nitrogens with two attached hydrogens (primary N) is 1. The number of aromatic nitrogens is 2. The Morgan fingerprint density at radius 1 is 1.27 bits per heavy atom. The fourth-order valence-electron chi connectivity index (χ4n) is 2.08. The number of carbonyl (C=O) groups excluding carboxylic acids is 1. The Morgan fingerprint density at radius 3 is 2.60 bits per heavy atom. The molecule has 1 fully saturated rings. The zero-order valence-corrected chi connectivity index (χ0v) is 8.65. The van der Waals surface area contributed by atoms with Gasteiger partial charge in [0.25, 0.3) is 0 Å². The molecule has 1 aromatic heterocycles. The van der Waals surface area contributed by atoms with Crippen LogP contribution in [0.5, 0.6) is 0 Å². The van der Waals surface area contributed by atoms with E-state index >= 15 is 0 Å². The molecule has 0 saturated heterocycles. The summed E-state index contributed by atoms with van der Waals surface area (Å²) in [5.41, 5.74) is 5.81. The van der Waals surface area contributed by atoms with Crippen molar-refractivity contribution in [3.8, 4) is 0 Å². The lowest BCUT2D eigenvalue weighted by molar-refractivity contribution is 0.0842. The molecule has 0 atom stereocenters. The number of hydrogen-bond donors (Lipinski definition) is 1. The summed E-state index contributed by atoms with van der Waals surface area (Å²) in [6.07, 6.45) is 9.34. The van der Waals surface area contributed by atoms with Gasteiger partial charge in [-0.1, -0.05) is 19.3 Å². The van der Waals surface area contributed by atoms with Crippen molar-refractivity contribution in [3.63, 3.8) is 0 Å². The lowest BCUT2D eigenvalue weighted by atomic mass is 9.78. The van der Waals surface area contributed by atoms with Crippen molar-refractivity contribution in [1.29, 1.82) is 0 Å². The molecule has 0 unspecified atom stereocenters. The lowest BCUT2D eigenvalue weighted by Gasteiger charge is -2.31. The lowest BCUT2D eigenvalue weighted by Crippen LogP contribution is -2.49. The zero-order valence-electron chi connectivity index (χ0n) is 8.65. The quantitative estimate of drug-likeness (QED) is 0.739. The first kappa shape index (κ1) is 10.2. The SMILES string of the molecule is NC1(C(=O)c2cnccn2)CCCCC1. The largest absolute Gasteiger partial charge is 0.319 e. The van der Waals surface area contributed by atoms with Crippen LogP contribution in [0.3, 0.4) is 0 Å². The summed E-state index contributed by atoms with van der Waals surface area (Å²) in [6, 6.07) is 0. The first-order valence-corrected chi connectivity index (χ1v) is 5.32. The van der Waals surface area contributed by atoms with Gasteiger partial charge in [-0.05, 0) is 12.8 Å². The molecule has 4 heteroatoms. The highest BCUT2D eigenvalue weighted by Crippen LogP contribution is 2.28. The van der Waals surface area contributed by atoms with E-state index in [1.165, 1.54) is 18.8 Å². The van der Waals surface area contributed by atoms with Gasteiger partial charge in [0.2, 0.25) is 5.78 Å². The highest BCUT2D eigenvalue weighted by molar-refractivity contribution is 6.01. The van der Waals surface area contributed by atoms with Crippen molar-refractivity contribution >= 4 is 5.78 Å². The Balaban J connectivity index is 2.20. The van der Waals surface area contributed by atoms with Gasteiger partial charge in [0, 0.05) is 12.4 Å². The Morgan fingerprint density at radius 2 is 2.00 bits per heavy atom. The van der Waals surface area contributed by atoms with Crippen molar-refractivity contribution in [2.45, 2.75) is 37.6 Å². The first-order valence-electron chi connectivity index (χ1n) is 5.32. The summed E-state index contributed by atoms with van der Waals surface area (Å²) in [7, 11) is 0. The van der Waals surface area contributed by atoms with Gasteiger partial charge in [0.15, 0.2) is 0 Å². The summed E-state index contributed by atoms with van der Waals surface area (Å²) >= 11 is 0. The first-order chi connectivity index (χ1) is 7.22. The minimum Gasteiger partial charge on any atom is -0.319 e. The average molecular weight is 205 g/mol. The van der Waals surface area contributed by atoms with Crippen LogP contribution in [0.25, 0.3) is 0 Å². The van der Waals surface area contributed by atoms with Crippen LogP contribution in [-0.2, 0) is 0 Å². The van der Waals surface area contributed by atoms with Crippen LogP contribution in [0.15, 0.2) is 18.6 Å². The molecule has 80 valence electrons. The van der Waals surface area contributed by atoms with Crippen LogP contribution in [0, 0.1) is 0 Å². The van der Waals surface area contributed by atoms with Gasteiger partial charge < -0.3 is 5.73 Å². The highest BCUT2D eigenvalue weighted by Gasteiger charge is 2.36. The predicted molar refractivity (Wildman–Crippen MR) is 56.4 cm³/mol. The van der Waals surface area contributed by atoms with Crippen molar-refractivity contribution in [3.05, 3.63) is 24.3 Å². The topological polar surface area (TPSA) is 68.9 Å².